The molecule has 0 spiro atoms. The van der Waals surface area contributed by atoms with E-state index in [0.717, 1.165) is 31.6 Å². The number of nitrogens with one attached hydrogen (secondary N) is 1. The van der Waals surface area contributed by atoms with Crippen LogP contribution in [0.4, 0.5) is 0 Å². The van der Waals surface area contributed by atoms with Gasteiger partial charge in [0.15, 0.2) is 0 Å². The number of ether oxygens (including phenoxy) is 1. The topological polar surface area (TPSA) is 24.5 Å². The zero-order valence-electron chi connectivity index (χ0n) is 13.7. The quantitative estimate of drug-likeness (QED) is 0.726. The van der Waals surface area contributed by atoms with E-state index in [1.165, 1.54) is 44.9 Å². The lowest BCUT2D eigenvalue weighted by Crippen LogP contribution is -2.40. The lowest BCUT2D eigenvalue weighted by Gasteiger charge is -2.35. The standard InChI is InChI=1S/C17H34N2O/c1-4-10-18-12-16-8-9-17(20-16)13-19(3)15-7-5-6-14(2)11-15/h14-18H,4-13H2,1-3H3. The molecule has 0 radical (unpaired) electrons. The molecule has 0 aromatic heterocycles. The zero-order valence-corrected chi connectivity index (χ0v) is 13.7. The second-order valence-electron chi connectivity index (χ2n) is 7.03. The number of nitrogens with zero attached hydrogens (tertiary/aromatic N) is 1. The Labute approximate surface area is 125 Å². The first-order valence-corrected chi connectivity index (χ1v) is 8.75. The summed E-state index contributed by atoms with van der Waals surface area (Å²) in [5, 5.41) is 3.48. The Morgan fingerprint density at radius 3 is 2.70 bits per heavy atom. The van der Waals surface area contributed by atoms with Gasteiger partial charge in [0, 0.05) is 19.1 Å². The molecule has 4 atom stereocenters. The number of likely N-dealkylation sites (N-methyl/N-ethyl adjacent to an activating group) is 1. The maximum Gasteiger partial charge on any atom is 0.0707 e. The first kappa shape index (κ1) is 16.3. The number of hydrogen-bond donors (Lipinski definition) is 1. The highest BCUT2D eigenvalue weighted by atomic mass is 16.5. The van der Waals surface area contributed by atoms with Crippen LogP contribution in [0, 0.1) is 5.92 Å². The summed E-state index contributed by atoms with van der Waals surface area (Å²) in [5.41, 5.74) is 0. The van der Waals surface area contributed by atoms with E-state index >= 15 is 0 Å². The van der Waals surface area contributed by atoms with Crippen molar-refractivity contribution in [2.24, 2.45) is 5.92 Å². The van der Waals surface area contributed by atoms with E-state index in [1.807, 2.05) is 0 Å². The van der Waals surface area contributed by atoms with Crippen molar-refractivity contribution < 1.29 is 4.74 Å². The predicted octanol–water partition coefficient (Wildman–Crippen LogP) is 3.04. The molecular weight excluding hydrogens is 248 g/mol. The highest BCUT2D eigenvalue weighted by Crippen LogP contribution is 2.28. The fourth-order valence-corrected chi connectivity index (χ4v) is 3.78. The summed E-state index contributed by atoms with van der Waals surface area (Å²) in [6, 6.07) is 0.791. The van der Waals surface area contributed by atoms with Crippen molar-refractivity contribution in [1.82, 2.24) is 10.2 Å². The zero-order chi connectivity index (χ0) is 14.4. The first-order valence-electron chi connectivity index (χ1n) is 8.75. The third kappa shape index (κ3) is 5.01. The summed E-state index contributed by atoms with van der Waals surface area (Å²) in [6.45, 7) is 7.90. The van der Waals surface area contributed by atoms with Gasteiger partial charge >= 0.3 is 0 Å². The first-order chi connectivity index (χ1) is 9.69. The maximum absolute atomic E-state index is 6.19. The molecule has 3 nitrogen and oxygen atoms in total. The van der Waals surface area contributed by atoms with E-state index in [9.17, 15) is 0 Å². The number of hydrogen-bond acceptors (Lipinski definition) is 3. The number of rotatable bonds is 7. The summed E-state index contributed by atoms with van der Waals surface area (Å²) in [4.78, 5) is 2.57. The Kier molecular flexibility index (Phi) is 6.79. The Hall–Kier alpha value is -0.120. The Morgan fingerprint density at radius 2 is 1.95 bits per heavy atom. The lowest BCUT2D eigenvalue weighted by molar-refractivity contribution is 0.0151. The molecule has 3 heteroatoms. The average molecular weight is 282 g/mol. The highest BCUT2D eigenvalue weighted by Gasteiger charge is 2.29. The van der Waals surface area contributed by atoms with Gasteiger partial charge in [-0.05, 0) is 51.6 Å². The second kappa shape index (κ2) is 8.35. The monoisotopic (exact) mass is 282 g/mol. The molecule has 1 saturated heterocycles. The van der Waals surface area contributed by atoms with Crippen molar-refractivity contribution in [3.63, 3.8) is 0 Å². The van der Waals surface area contributed by atoms with E-state index in [1.54, 1.807) is 0 Å². The van der Waals surface area contributed by atoms with Crippen molar-refractivity contribution in [3.05, 3.63) is 0 Å². The van der Waals surface area contributed by atoms with Gasteiger partial charge in [-0.25, -0.2) is 0 Å². The van der Waals surface area contributed by atoms with Crippen molar-refractivity contribution in [1.29, 1.82) is 0 Å². The van der Waals surface area contributed by atoms with Gasteiger partial charge in [0.2, 0.25) is 0 Å². The third-order valence-electron chi connectivity index (χ3n) is 5.02. The summed E-state index contributed by atoms with van der Waals surface area (Å²) >= 11 is 0. The molecule has 1 saturated carbocycles. The molecule has 0 aromatic rings. The van der Waals surface area contributed by atoms with E-state index in [4.69, 9.17) is 4.74 Å². The summed E-state index contributed by atoms with van der Waals surface area (Å²) in [7, 11) is 2.30. The lowest BCUT2D eigenvalue weighted by atomic mass is 9.86. The van der Waals surface area contributed by atoms with Gasteiger partial charge in [-0.2, -0.15) is 0 Å². The SMILES string of the molecule is CCCNCC1CCC(CN(C)C2CCCC(C)C2)O1. The van der Waals surface area contributed by atoms with Crippen LogP contribution in [-0.2, 0) is 4.74 Å². The molecule has 4 unspecified atom stereocenters. The largest absolute Gasteiger partial charge is 0.372 e. The van der Waals surface area contributed by atoms with Gasteiger partial charge in [-0.15, -0.1) is 0 Å². The molecule has 118 valence electrons. The van der Waals surface area contributed by atoms with Gasteiger partial charge in [0.05, 0.1) is 12.2 Å². The average Bonchev–Trinajstić information content (AvgIpc) is 2.86. The minimum absolute atomic E-state index is 0.449. The molecule has 1 heterocycles. The van der Waals surface area contributed by atoms with Crippen molar-refractivity contribution >= 4 is 0 Å². The van der Waals surface area contributed by atoms with E-state index in [0.29, 0.717) is 12.2 Å². The fraction of sp³-hybridized carbons (Fsp3) is 1.00. The van der Waals surface area contributed by atoms with Crippen molar-refractivity contribution in [2.45, 2.75) is 77.0 Å². The van der Waals surface area contributed by atoms with Crippen molar-refractivity contribution in [3.8, 4) is 0 Å². The molecule has 2 aliphatic rings. The Bertz CT molecular complexity index is 272. The minimum atomic E-state index is 0.449. The third-order valence-corrected chi connectivity index (χ3v) is 5.02. The van der Waals surface area contributed by atoms with Crippen LogP contribution in [0.3, 0.4) is 0 Å². The van der Waals surface area contributed by atoms with Crippen LogP contribution < -0.4 is 5.32 Å². The minimum Gasteiger partial charge on any atom is -0.372 e. The molecule has 20 heavy (non-hydrogen) atoms. The molecular formula is C17H34N2O. The summed E-state index contributed by atoms with van der Waals surface area (Å²) in [6.07, 6.45) is 10.2. The van der Waals surface area contributed by atoms with Gasteiger partial charge in [-0.3, -0.25) is 0 Å². The molecule has 0 bridgehead atoms. The summed E-state index contributed by atoms with van der Waals surface area (Å²) < 4.78 is 6.19. The smallest absolute Gasteiger partial charge is 0.0707 e. The van der Waals surface area contributed by atoms with E-state index < -0.39 is 0 Å². The highest BCUT2D eigenvalue weighted by molar-refractivity contribution is 4.82. The molecule has 1 N–H and O–H groups in total. The van der Waals surface area contributed by atoms with Crippen LogP contribution in [0.1, 0.15) is 58.8 Å². The van der Waals surface area contributed by atoms with Crippen LogP contribution in [-0.4, -0.2) is 49.8 Å². The molecule has 0 amide bonds. The normalized spacial score (nSPS) is 34.8. The van der Waals surface area contributed by atoms with Gasteiger partial charge in [0.25, 0.3) is 0 Å². The van der Waals surface area contributed by atoms with Gasteiger partial charge < -0.3 is 15.0 Å². The van der Waals surface area contributed by atoms with Gasteiger partial charge in [0.1, 0.15) is 0 Å². The van der Waals surface area contributed by atoms with Crippen LogP contribution >= 0.6 is 0 Å². The fourth-order valence-electron chi connectivity index (χ4n) is 3.78. The second-order valence-corrected chi connectivity index (χ2v) is 7.03. The molecule has 1 aliphatic carbocycles. The van der Waals surface area contributed by atoms with Crippen LogP contribution in [0.2, 0.25) is 0 Å². The Balaban J connectivity index is 1.66. The van der Waals surface area contributed by atoms with E-state index in [-0.39, 0.29) is 0 Å². The molecule has 1 aliphatic heterocycles. The molecule has 0 aromatic carbocycles. The maximum atomic E-state index is 6.19. The summed E-state index contributed by atoms with van der Waals surface area (Å²) in [5.74, 6) is 0.909. The van der Waals surface area contributed by atoms with E-state index in [2.05, 4.69) is 31.1 Å². The predicted molar refractivity (Wildman–Crippen MR) is 85.1 cm³/mol. The van der Waals surface area contributed by atoms with Crippen LogP contribution in [0.25, 0.3) is 0 Å². The van der Waals surface area contributed by atoms with Crippen LogP contribution in [0.5, 0.6) is 0 Å². The van der Waals surface area contributed by atoms with Gasteiger partial charge in [-0.1, -0.05) is 26.7 Å². The van der Waals surface area contributed by atoms with Crippen molar-refractivity contribution in [2.75, 3.05) is 26.7 Å². The molecule has 2 fully saturated rings. The van der Waals surface area contributed by atoms with Crippen LogP contribution in [0.15, 0.2) is 0 Å². The molecule has 2 rings (SSSR count). The Morgan fingerprint density at radius 1 is 1.15 bits per heavy atom.